The van der Waals surface area contributed by atoms with Crippen LogP contribution < -0.4 is 0 Å². The molecule has 0 unspecified atom stereocenters. The van der Waals surface area contributed by atoms with Gasteiger partial charge in [0.25, 0.3) is 0 Å². The van der Waals surface area contributed by atoms with Crippen molar-refractivity contribution in [3.8, 4) is 0 Å². The molecule has 0 saturated heterocycles. The van der Waals surface area contributed by atoms with E-state index >= 15 is 0 Å². The molecule has 2 nitrogen and oxygen atoms in total. The van der Waals surface area contributed by atoms with Crippen LogP contribution in [0.3, 0.4) is 0 Å². The molecule has 0 saturated carbocycles. The van der Waals surface area contributed by atoms with Crippen LogP contribution in [0.2, 0.25) is 0 Å². The Hall–Kier alpha value is -0.790. The maximum atomic E-state index is 2.39. The van der Waals surface area contributed by atoms with Gasteiger partial charge in [-0.1, -0.05) is 39.0 Å². The molecule has 2 heteroatoms. The molecule has 0 aromatic rings. The molecule has 1 aliphatic heterocycles. The zero-order chi connectivity index (χ0) is 10.9. The Morgan fingerprint density at radius 2 is 1.87 bits per heavy atom. The Balaban J connectivity index is 1.95. The molecule has 0 fully saturated rings. The van der Waals surface area contributed by atoms with Gasteiger partial charge in [-0.15, -0.1) is 0 Å². The first kappa shape index (κ1) is 12.3. The SMILES string of the molecule is CCCCCCCCN1C=C[N+](C)=CC1. The fraction of sp³-hybridized carbons (Fsp3) is 0.769. The number of hydrogen-bond acceptors (Lipinski definition) is 1. The Kier molecular flexibility index (Phi) is 6.14. The molecule has 1 heterocycles. The minimum Gasteiger partial charge on any atom is -0.363 e. The summed E-state index contributed by atoms with van der Waals surface area (Å²) in [6.45, 7) is 4.56. The molecule has 0 aromatic heterocycles. The highest BCUT2D eigenvalue weighted by Gasteiger charge is 2.05. The van der Waals surface area contributed by atoms with Gasteiger partial charge in [-0.25, -0.2) is 4.58 Å². The van der Waals surface area contributed by atoms with E-state index in [1.165, 1.54) is 45.1 Å². The van der Waals surface area contributed by atoms with Gasteiger partial charge >= 0.3 is 0 Å². The van der Waals surface area contributed by atoms with E-state index in [2.05, 4.69) is 42.1 Å². The average molecular weight is 209 g/mol. The summed E-state index contributed by atoms with van der Waals surface area (Å²) in [7, 11) is 2.08. The highest BCUT2D eigenvalue weighted by atomic mass is 15.1. The van der Waals surface area contributed by atoms with Crippen LogP contribution in [0.1, 0.15) is 45.4 Å². The van der Waals surface area contributed by atoms with Crippen LogP contribution >= 0.6 is 0 Å². The van der Waals surface area contributed by atoms with Gasteiger partial charge < -0.3 is 4.90 Å². The molecule has 0 atom stereocenters. The molecule has 86 valence electrons. The highest BCUT2D eigenvalue weighted by molar-refractivity contribution is 5.55. The van der Waals surface area contributed by atoms with E-state index in [-0.39, 0.29) is 0 Å². The molecule has 0 N–H and O–H groups in total. The summed E-state index contributed by atoms with van der Waals surface area (Å²) in [6, 6.07) is 0. The predicted octanol–water partition coefficient (Wildman–Crippen LogP) is 2.85. The Morgan fingerprint density at radius 3 is 2.53 bits per heavy atom. The lowest BCUT2D eigenvalue weighted by Crippen LogP contribution is -2.26. The second kappa shape index (κ2) is 7.49. The predicted molar refractivity (Wildman–Crippen MR) is 66.3 cm³/mol. The third-order valence-electron chi connectivity index (χ3n) is 2.92. The van der Waals surface area contributed by atoms with Crippen molar-refractivity contribution >= 4 is 6.21 Å². The molecule has 15 heavy (non-hydrogen) atoms. The summed E-state index contributed by atoms with van der Waals surface area (Å²) in [5.74, 6) is 0. The maximum Gasteiger partial charge on any atom is 0.184 e. The van der Waals surface area contributed by atoms with E-state index in [0.717, 1.165) is 6.54 Å². The fourth-order valence-corrected chi connectivity index (χ4v) is 1.82. The molecule has 1 rings (SSSR count). The van der Waals surface area contributed by atoms with Gasteiger partial charge in [0.2, 0.25) is 0 Å². The second-order valence-corrected chi connectivity index (χ2v) is 4.41. The van der Waals surface area contributed by atoms with Crippen molar-refractivity contribution in [3.63, 3.8) is 0 Å². The third kappa shape index (κ3) is 5.60. The molecule has 0 spiro atoms. The largest absolute Gasteiger partial charge is 0.363 e. The van der Waals surface area contributed by atoms with Crippen LogP contribution in [0.25, 0.3) is 0 Å². The third-order valence-corrected chi connectivity index (χ3v) is 2.92. The molecule has 0 aliphatic carbocycles. The smallest absolute Gasteiger partial charge is 0.184 e. The Morgan fingerprint density at radius 1 is 1.13 bits per heavy atom. The molecule has 0 aromatic carbocycles. The zero-order valence-electron chi connectivity index (χ0n) is 10.3. The van der Waals surface area contributed by atoms with Gasteiger partial charge in [-0.05, 0) is 6.42 Å². The molecular formula is C13H25N2+. The van der Waals surface area contributed by atoms with E-state index in [4.69, 9.17) is 0 Å². The van der Waals surface area contributed by atoms with Crippen molar-refractivity contribution in [2.24, 2.45) is 0 Å². The van der Waals surface area contributed by atoms with Crippen LogP contribution in [0.4, 0.5) is 0 Å². The zero-order valence-corrected chi connectivity index (χ0v) is 10.3. The van der Waals surface area contributed by atoms with Gasteiger partial charge in [0.1, 0.15) is 7.05 Å². The van der Waals surface area contributed by atoms with Gasteiger partial charge in [-0.2, -0.15) is 0 Å². The van der Waals surface area contributed by atoms with Crippen LogP contribution in [0.5, 0.6) is 0 Å². The van der Waals surface area contributed by atoms with E-state index < -0.39 is 0 Å². The standard InChI is InChI=1S/C13H25N2/c1-3-4-5-6-7-8-9-15-12-10-14(2)11-13-15/h10-12H,3-9,13H2,1-2H3/q+1. The average Bonchev–Trinajstić information content (AvgIpc) is 2.26. The van der Waals surface area contributed by atoms with Crippen molar-refractivity contribution in [2.45, 2.75) is 45.4 Å². The van der Waals surface area contributed by atoms with Crippen LogP contribution in [0.15, 0.2) is 12.4 Å². The monoisotopic (exact) mass is 209 g/mol. The van der Waals surface area contributed by atoms with Gasteiger partial charge in [0.15, 0.2) is 12.4 Å². The molecule has 1 aliphatic rings. The fourth-order valence-electron chi connectivity index (χ4n) is 1.82. The summed E-state index contributed by atoms with van der Waals surface area (Å²) < 4.78 is 2.12. The number of nitrogens with zero attached hydrogens (tertiary/aromatic N) is 2. The van der Waals surface area contributed by atoms with E-state index in [1.54, 1.807) is 0 Å². The summed E-state index contributed by atoms with van der Waals surface area (Å²) in [5, 5.41) is 0. The maximum absolute atomic E-state index is 2.39. The molecular weight excluding hydrogens is 184 g/mol. The van der Waals surface area contributed by atoms with Crippen molar-refractivity contribution in [2.75, 3.05) is 20.1 Å². The first-order valence-corrected chi connectivity index (χ1v) is 6.30. The normalized spacial score (nSPS) is 15.6. The van der Waals surface area contributed by atoms with Crippen molar-refractivity contribution in [1.82, 2.24) is 4.90 Å². The lowest BCUT2D eigenvalue weighted by Gasteiger charge is -2.18. The summed E-state index contributed by atoms with van der Waals surface area (Å²) in [6.07, 6.45) is 14.9. The minimum atomic E-state index is 1.07. The van der Waals surface area contributed by atoms with Crippen LogP contribution in [0, 0.1) is 0 Å². The summed E-state index contributed by atoms with van der Waals surface area (Å²) in [4.78, 5) is 2.39. The van der Waals surface area contributed by atoms with Crippen molar-refractivity contribution in [1.29, 1.82) is 0 Å². The van der Waals surface area contributed by atoms with Gasteiger partial charge in [0.05, 0.1) is 12.7 Å². The Labute approximate surface area is 94.3 Å². The summed E-state index contributed by atoms with van der Waals surface area (Å²) >= 11 is 0. The molecule has 0 amide bonds. The van der Waals surface area contributed by atoms with Crippen LogP contribution in [-0.4, -0.2) is 35.8 Å². The van der Waals surface area contributed by atoms with Gasteiger partial charge in [-0.3, -0.25) is 0 Å². The number of rotatable bonds is 7. The van der Waals surface area contributed by atoms with Gasteiger partial charge in [0, 0.05) is 6.54 Å². The first-order valence-electron chi connectivity index (χ1n) is 6.30. The highest BCUT2D eigenvalue weighted by Crippen LogP contribution is 2.06. The van der Waals surface area contributed by atoms with E-state index in [9.17, 15) is 0 Å². The van der Waals surface area contributed by atoms with Crippen molar-refractivity contribution in [3.05, 3.63) is 12.4 Å². The second-order valence-electron chi connectivity index (χ2n) is 4.41. The molecule has 0 radical (unpaired) electrons. The minimum absolute atomic E-state index is 1.07. The first-order chi connectivity index (χ1) is 7.33. The quantitative estimate of drug-likeness (QED) is 0.461. The number of hydrogen-bond donors (Lipinski definition) is 0. The van der Waals surface area contributed by atoms with E-state index in [1.807, 2.05) is 0 Å². The lowest BCUT2D eigenvalue weighted by molar-refractivity contribution is -0.421. The Bertz CT molecular complexity index is 219. The molecule has 0 bridgehead atoms. The lowest BCUT2D eigenvalue weighted by atomic mass is 10.1. The summed E-state index contributed by atoms with van der Waals surface area (Å²) in [5.41, 5.74) is 0. The van der Waals surface area contributed by atoms with E-state index in [0.29, 0.717) is 0 Å². The topological polar surface area (TPSA) is 6.25 Å². The van der Waals surface area contributed by atoms with Crippen LogP contribution in [-0.2, 0) is 0 Å². The van der Waals surface area contributed by atoms with Crippen molar-refractivity contribution < 1.29 is 4.58 Å². The number of unbranched alkanes of at least 4 members (excludes halogenated alkanes) is 5.